The molecule has 3 rings (SSSR count). The highest BCUT2D eigenvalue weighted by Gasteiger charge is 2.32. The summed E-state index contributed by atoms with van der Waals surface area (Å²) in [5.74, 6) is 0. The van der Waals surface area contributed by atoms with Crippen LogP contribution in [0.2, 0.25) is 0 Å². The number of aromatic nitrogens is 1. The Morgan fingerprint density at radius 1 is 1.16 bits per heavy atom. The summed E-state index contributed by atoms with van der Waals surface area (Å²) in [4.78, 5) is 3.46. The van der Waals surface area contributed by atoms with Crippen LogP contribution in [0.1, 0.15) is 48.9 Å². The van der Waals surface area contributed by atoms with Crippen LogP contribution in [-0.4, -0.2) is 11.5 Å². The lowest BCUT2D eigenvalue weighted by Gasteiger charge is -2.37. The van der Waals surface area contributed by atoms with Crippen LogP contribution in [0.3, 0.4) is 0 Å². The third-order valence-electron chi connectivity index (χ3n) is 5.12. The first kappa shape index (κ1) is 12.7. The van der Waals surface area contributed by atoms with Crippen molar-refractivity contribution in [2.75, 3.05) is 6.54 Å². The van der Waals surface area contributed by atoms with Crippen LogP contribution in [0, 0.1) is 13.8 Å². The zero-order valence-electron chi connectivity index (χ0n) is 12.1. The molecule has 1 aliphatic carbocycles. The van der Waals surface area contributed by atoms with Crippen LogP contribution in [0.4, 0.5) is 0 Å². The summed E-state index contributed by atoms with van der Waals surface area (Å²) in [6.07, 6.45) is 6.50. The minimum atomic E-state index is 0.226. The van der Waals surface area contributed by atoms with Crippen molar-refractivity contribution >= 4 is 10.9 Å². The van der Waals surface area contributed by atoms with Gasteiger partial charge in [0.05, 0.1) is 0 Å². The summed E-state index contributed by atoms with van der Waals surface area (Å²) in [6, 6.07) is 6.90. The number of nitrogens with one attached hydrogen (secondary N) is 1. The molecular formula is C17H24N2. The Morgan fingerprint density at radius 3 is 2.58 bits per heavy atom. The Balaban J connectivity index is 2.11. The van der Waals surface area contributed by atoms with E-state index in [0.717, 1.165) is 6.54 Å². The summed E-state index contributed by atoms with van der Waals surface area (Å²) < 4.78 is 0. The molecule has 1 aliphatic rings. The first-order valence-corrected chi connectivity index (χ1v) is 7.46. The highest BCUT2D eigenvalue weighted by molar-refractivity contribution is 5.85. The van der Waals surface area contributed by atoms with E-state index in [2.05, 4.69) is 37.0 Å². The largest absolute Gasteiger partial charge is 0.358 e. The van der Waals surface area contributed by atoms with Gasteiger partial charge in [-0.1, -0.05) is 25.3 Å². The minimum absolute atomic E-state index is 0.226. The molecule has 0 unspecified atom stereocenters. The van der Waals surface area contributed by atoms with E-state index in [0.29, 0.717) is 0 Å². The average Bonchev–Trinajstić information content (AvgIpc) is 2.74. The molecule has 1 heterocycles. The van der Waals surface area contributed by atoms with Crippen molar-refractivity contribution in [3.05, 3.63) is 35.0 Å². The van der Waals surface area contributed by atoms with Gasteiger partial charge < -0.3 is 10.7 Å². The molecule has 2 aromatic rings. The molecule has 0 bridgehead atoms. The molecule has 1 saturated carbocycles. The number of hydrogen-bond donors (Lipinski definition) is 2. The van der Waals surface area contributed by atoms with E-state index in [4.69, 9.17) is 5.73 Å². The molecule has 19 heavy (non-hydrogen) atoms. The smallest absolute Gasteiger partial charge is 0.0458 e. The molecule has 1 aromatic carbocycles. The zero-order chi connectivity index (χ0) is 13.5. The summed E-state index contributed by atoms with van der Waals surface area (Å²) in [5.41, 5.74) is 11.7. The molecule has 0 atom stereocenters. The van der Waals surface area contributed by atoms with Gasteiger partial charge in [-0.15, -0.1) is 0 Å². The quantitative estimate of drug-likeness (QED) is 0.839. The average molecular weight is 256 g/mol. The van der Waals surface area contributed by atoms with Crippen molar-refractivity contribution in [3.63, 3.8) is 0 Å². The Kier molecular flexibility index (Phi) is 3.14. The number of aromatic amines is 1. The molecule has 0 saturated heterocycles. The number of rotatable bonds is 2. The summed E-state index contributed by atoms with van der Waals surface area (Å²) >= 11 is 0. The highest BCUT2D eigenvalue weighted by atomic mass is 14.7. The maximum Gasteiger partial charge on any atom is 0.0458 e. The molecule has 0 amide bonds. The van der Waals surface area contributed by atoms with Gasteiger partial charge in [-0.25, -0.2) is 0 Å². The van der Waals surface area contributed by atoms with Crippen molar-refractivity contribution in [1.29, 1.82) is 0 Å². The maximum atomic E-state index is 6.15. The van der Waals surface area contributed by atoms with Crippen LogP contribution in [0.15, 0.2) is 18.2 Å². The van der Waals surface area contributed by atoms with E-state index >= 15 is 0 Å². The molecule has 3 N–H and O–H groups in total. The molecule has 102 valence electrons. The van der Waals surface area contributed by atoms with Gasteiger partial charge in [0, 0.05) is 28.6 Å². The molecule has 0 aliphatic heterocycles. The summed E-state index contributed by atoms with van der Waals surface area (Å²) in [7, 11) is 0. The maximum absolute atomic E-state index is 6.15. The van der Waals surface area contributed by atoms with Crippen LogP contribution in [-0.2, 0) is 5.41 Å². The fourth-order valence-corrected chi connectivity index (χ4v) is 3.63. The van der Waals surface area contributed by atoms with Crippen molar-refractivity contribution in [3.8, 4) is 0 Å². The van der Waals surface area contributed by atoms with Gasteiger partial charge in [0.25, 0.3) is 0 Å². The predicted molar refractivity (Wildman–Crippen MR) is 81.6 cm³/mol. The van der Waals surface area contributed by atoms with Crippen LogP contribution >= 0.6 is 0 Å². The fraction of sp³-hybridized carbons (Fsp3) is 0.529. The molecule has 0 spiro atoms. The molecule has 1 fully saturated rings. The first-order chi connectivity index (χ1) is 9.16. The predicted octanol–water partition coefficient (Wildman–Crippen LogP) is 3.95. The summed E-state index contributed by atoms with van der Waals surface area (Å²) in [5, 5.41) is 1.37. The molecule has 2 nitrogen and oxygen atoms in total. The van der Waals surface area contributed by atoms with Gasteiger partial charge in [-0.05, 0) is 49.9 Å². The van der Waals surface area contributed by atoms with E-state index in [9.17, 15) is 0 Å². The van der Waals surface area contributed by atoms with E-state index in [1.807, 2.05) is 0 Å². The van der Waals surface area contributed by atoms with Gasteiger partial charge in [-0.3, -0.25) is 0 Å². The summed E-state index contributed by atoms with van der Waals surface area (Å²) in [6.45, 7) is 5.13. The number of nitrogens with two attached hydrogens (primary N) is 1. The number of benzene rings is 1. The second kappa shape index (κ2) is 4.68. The Morgan fingerprint density at radius 2 is 1.89 bits per heavy atom. The third-order valence-corrected chi connectivity index (χ3v) is 5.12. The highest BCUT2D eigenvalue weighted by Crippen LogP contribution is 2.40. The normalized spacial score (nSPS) is 18.9. The topological polar surface area (TPSA) is 41.8 Å². The van der Waals surface area contributed by atoms with Gasteiger partial charge in [0.1, 0.15) is 0 Å². The lowest BCUT2D eigenvalue weighted by molar-refractivity contribution is 0.301. The molecular weight excluding hydrogens is 232 g/mol. The number of aryl methyl sites for hydroxylation is 2. The standard InChI is InChI=1S/C17H24N2/c1-12-13(2)19-16-7-6-14(10-15(12)16)17(11-18)8-4-3-5-9-17/h6-7,10,19H,3-5,8-9,11,18H2,1-2H3. The molecule has 2 heteroatoms. The van der Waals surface area contributed by atoms with Crippen LogP contribution < -0.4 is 5.73 Å². The van der Waals surface area contributed by atoms with Gasteiger partial charge in [0.2, 0.25) is 0 Å². The van der Waals surface area contributed by atoms with E-state index in [-0.39, 0.29) is 5.41 Å². The Hall–Kier alpha value is -1.28. The van der Waals surface area contributed by atoms with Crippen molar-refractivity contribution in [1.82, 2.24) is 4.98 Å². The lowest BCUT2D eigenvalue weighted by atomic mass is 9.69. The second-order valence-corrected chi connectivity index (χ2v) is 6.18. The molecule has 1 aromatic heterocycles. The zero-order valence-corrected chi connectivity index (χ0v) is 12.1. The number of fused-ring (bicyclic) bond motifs is 1. The fourth-order valence-electron chi connectivity index (χ4n) is 3.63. The van der Waals surface area contributed by atoms with E-state index in [1.54, 1.807) is 0 Å². The SMILES string of the molecule is Cc1[nH]c2ccc(C3(CN)CCCCC3)cc2c1C. The van der Waals surface area contributed by atoms with Crippen molar-refractivity contribution in [2.45, 2.75) is 51.4 Å². The van der Waals surface area contributed by atoms with E-state index < -0.39 is 0 Å². The van der Waals surface area contributed by atoms with E-state index in [1.165, 1.54) is 59.8 Å². The van der Waals surface area contributed by atoms with Gasteiger partial charge in [0.15, 0.2) is 0 Å². The Bertz CT molecular complexity index is 589. The van der Waals surface area contributed by atoms with Gasteiger partial charge in [-0.2, -0.15) is 0 Å². The third kappa shape index (κ3) is 1.99. The van der Waals surface area contributed by atoms with Gasteiger partial charge >= 0.3 is 0 Å². The van der Waals surface area contributed by atoms with Crippen molar-refractivity contribution in [2.24, 2.45) is 5.73 Å². The lowest BCUT2D eigenvalue weighted by Crippen LogP contribution is -2.37. The number of H-pyrrole nitrogens is 1. The number of hydrogen-bond acceptors (Lipinski definition) is 1. The monoisotopic (exact) mass is 256 g/mol. The minimum Gasteiger partial charge on any atom is -0.358 e. The van der Waals surface area contributed by atoms with Crippen LogP contribution in [0.5, 0.6) is 0 Å². The second-order valence-electron chi connectivity index (χ2n) is 6.18. The first-order valence-electron chi connectivity index (χ1n) is 7.46. The Labute approximate surface area is 115 Å². The van der Waals surface area contributed by atoms with Crippen molar-refractivity contribution < 1.29 is 0 Å². The molecule has 0 radical (unpaired) electrons. The van der Waals surface area contributed by atoms with Crippen LogP contribution in [0.25, 0.3) is 10.9 Å².